The third-order valence-corrected chi connectivity index (χ3v) is 3.57. The highest BCUT2D eigenvalue weighted by atomic mass is 35.5. The van der Waals surface area contributed by atoms with Crippen molar-refractivity contribution in [1.82, 2.24) is 15.2 Å². The molecular weight excluding hydrogens is 278 g/mol. The molecule has 1 atom stereocenters. The number of hydrogen-bond donors (Lipinski definition) is 2. The first-order valence-electron chi connectivity index (χ1n) is 6.40. The molecule has 0 radical (unpaired) electrons. The van der Waals surface area contributed by atoms with Gasteiger partial charge in [-0.1, -0.05) is 11.6 Å². The summed E-state index contributed by atoms with van der Waals surface area (Å²) >= 11 is 5.93. The summed E-state index contributed by atoms with van der Waals surface area (Å²) in [4.78, 5) is 28.6. The number of piperazine rings is 1. The summed E-state index contributed by atoms with van der Waals surface area (Å²) in [6.07, 6.45) is 0. The first kappa shape index (κ1) is 13.0. The van der Waals surface area contributed by atoms with Crippen LogP contribution in [0.1, 0.15) is 17.4 Å². The zero-order valence-corrected chi connectivity index (χ0v) is 11.7. The van der Waals surface area contributed by atoms with E-state index in [4.69, 9.17) is 11.6 Å². The third kappa shape index (κ3) is 2.36. The monoisotopic (exact) mass is 291 g/mol. The molecule has 5 nitrogen and oxygen atoms in total. The Bertz CT molecular complexity index is 695. The molecule has 2 heterocycles. The van der Waals surface area contributed by atoms with Crippen LogP contribution >= 0.6 is 11.6 Å². The lowest BCUT2D eigenvalue weighted by Crippen LogP contribution is -2.54. The number of amides is 2. The van der Waals surface area contributed by atoms with Gasteiger partial charge in [-0.25, -0.2) is 0 Å². The number of carbonyl (C=O) groups is 2. The standard InChI is InChI=1S/C14H14ClN3O2/c1-8-6-18(7-13(19)16-8)14(20)12-5-9-4-10(15)2-3-11(9)17-12/h2-5,8,17H,6-7H2,1H3,(H,16,19). The molecule has 0 spiro atoms. The van der Waals surface area contributed by atoms with Crippen LogP contribution in [0, 0.1) is 0 Å². The summed E-state index contributed by atoms with van der Waals surface area (Å²) in [5.74, 6) is -0.296. The van der Waals surface area contributed by atoms with Gasteiger partial charge in [0.25, 0.3) is 5.91 Å². The number of benzene rings is 1. The van der Waals surface area contributed by atoms with E-state index in [1.165, 1.54) is 0 Å². The first-order valence-corrected chi connectivity index (χ1v) is 6.77. The highest BCUT2D eigenvalue weighted by Crippen LogP contribution is 2.21. The summed E-state index contributed by atoms with van der Waals surface area (Å²) in [5, 5.41) is 4.30. The summed E-state index contributed by atoms with van der Waals surface area (Å²) < 4.78 is 0. The number of hydrogen-bond acceptors (Lipinski definition) is 2. The van der Waals surface area contributed by atoms with Crippen LogP contribution in [-0.4, -0.2) is 40.8 Å². The molecule has 104 valence electrons. The van der Waals surface area contributed by atoms with E-state index >= 15 is 0 Å². The van der Waals surface area contributed by atoms with Gasteiger partial charge in [0.1, 0.15) is 5.69 Å². The predicted molar refractivity (Wildman–Crippen MR) is 76.8 cm³/mol. The Kier molecular flexibility index (Phi) is 3.14. The van der Waals surface area contributed by atoms with Crippen LogP contribution in [0.3, 0.4) is 0 Å². The zero-order valence-electron chi connectivity index (χ0n) is 10.9. The number of nitrogens with one attached hydrogen (secondary N) is 2. The van der Waals surface area contributed by atoms with Crippen LogP contribution in [0.5, 0.6) is 0 Å². The fourth-order valence-corrected chi connectivity index (χ4v) is 2.66. The van der Waals surface area contributed by atoms with Gasteiger partial charge in [0, 0.05) is 28.5 Å². The second kappa shape index (κ2) is 4.83. The molecule has 1 aromatic carbocycles. The summed E-state index contributed by atoms with van der Waals surface area (Å²) in [6.45, 7) is 2.49. The van der Waals surface area contributed by atoms with E-state index in [-0.39, 0.29) is 24.4 Å². The molecule has 6 heteroatoms. The summed E-state index contributed by atoms with van der Waals surface area (Å²) in [5.41, 5.74) is 1.33. The first-order chi connectivity index (χ1) is 9.52. The molecule has 3 rings (SSSR count). The van der Waals surface area contributed by atoms with Crippen molar-refractivity contribution in [3.8, 4) is 0 Å². The minimum Gasteiger partial charge on any atom is -0.351 e. The van der Waals surface area contributed by atoms with Crippen LogP contribution < -0.4 is 5.32 Å². The Hall–Kier alpha value is -2.01. The molecule has 1 aliphatic rings. The molecule has 20 heavy (non-hydrogen) atoms. The quantitative estimate of drug-likeness (QED) is 0.841. The van der Waals surface area contributed by atoms with Gasteiger partial charge >= 0.3 is 0 Å². The van der Waals surface area contributed by atoms with Crippen molar-refractivity contribution < 1.29 is 9.59 Å². The highest BCUT2D eigenvalue weighted by molar-refractivity contribution is 6.31. The van der Waals surface area contributed by atoms with Gasteiger partial charge in [-0.2, -0.15) is 0 Å². The summed E-state index contributed by atoms with van der Waals surface area (Å²) in [6, 6.07) is 7.14. The van der Waals surface area contributed by atoms with E-state index in [0.717, 1.165) is 10.9 Å². The Labute approximate surface area is 120 Å². The Morgan fingerprint density at radius 2 is 2.20 bits per heavy atom. The zero-order chi connectivity index (χ0) is 14.3. The van der Waals surface area contributed by atoms with Gasteiger partial charge in [-0.3, -0.25) is 9.59 Å². The van der Waals surface area contributed by atoms with Crippen molar-refractivity contribution in [2.75, 3.05) is 13.1 Å². The fourth-order valence-electron chi connectivity index (χ4n) is 2.48. The van der Waals surface area contributed by atoms with Gasteiger partial charge in [0.05, 0.1) is 6.54 Å². The lowest BCUT2D eigenvalue weighted by atomic mass is 10.2. The molecule has 0 saturated carbocycles. The molecule has 1 fully saturated rings. The van der Waals surface area contributed by atoms with Crippen molar-refractivity contribution in [2.45, 2.75) is 13.0 Å². The maximum atomic E-state index is 12.4. The lowest BCUT2D eigenvalue weighted by molar-refractivity contribution is -0.124. The predicted octanol–water partition coefficient (Wildman–Crippen LogP) is 1.78. The van der Waals surface area contributed by atoms with Gasteiger partial charge in [0.15, 0.2) is 0 Å². The minimum absolute atomic E-state index is 0.0287. The maximum absolute atomic E-state index is 12.4. The van der Waals surface area contributed by atoms with E-state index in [1.807, 2.05) is 13.0 Å². The van der Waals surface area contributed by atoms with Crippen LogP contribution in [0.25, 0.3) is 10.9 Å². The molecular formula is C14H14ClN3O2. The molecule has 1 aromatic heterocycles. The topological polar surface area (TPSA) is 65.2 Å². The van der Waals surface area contributed by atoms with E-state index < -0.39 is 0 Å². The van der Waals surface area contributed by atoms with Crippen molar-refractivity contribution in [3.63, 3.8) is 0 Å². The second-order valence-electron chi connectivity index (χ2n) is 5.07. The lowest BCUT2D eigenvalue weighted by Gasteiger charge is -2.30. The Balaban J connectivity index is 1.90. The van der Waals surface area contributed by atoms with E-state index in [1.54, 1.807) is 23.1 Å². The molecule has 2 amide bonds. The highest BCUT2D eigenvalue weighted by Gasteiger charge is 2.27. The number of aromatic nitrogens is 1. The molecule has 2 N–H and O–H groups in total. The van der Waals surface area contributed by atoms with E-state index in [9.17, 15) is 9.59 Å². The molecule has 0 aliphatic carbocycles. The number of H-pyrrole nitrogens is 1. The second-order valence-corrected chi connectivity index (χ2v) is 5.51. The smallest absolute Gasteiger partial charge is 0.270 e. The molecule has 2 aromatic rings. The van der Waals surface area contributed by atoms with Crippen LogP contribution in [0.2, 0.25) is 5.02 Å². The van der Waals surface area contributed by atoms with Crippen LogP contribution in [0.15, 0.2) is 24.3 Å². The van der Waals surface area contributed by atoms with Crippen LogP contribution in [0.4, 0.5) is 0 Å². The van der Waals surface area contributed by atoms with Crippen molar-refractivity contribution >= 4 is 34.3 Å². The van der Waals surface area contributed by atoms with Gasteiger partial charge < -0.3 is 15.2 Å². The normalized spacial score (nSPS) is 19.2. The fraction of sp³-hybridized carbons (Fsp3) is 0.286. The Morgan fingerprint density at radius 1 is 1.40 bits per heavy atom. The Morgan fingerprint density at radius 3 is 2.95 bits per heavy atom. The number of aromatic amines is 1. The number of carbonyl (C=O) groups excluding carboxylic acids is 2. The van der Waals surface area contributed by atoms with Gasteiger partial charge in [-0.05, 0) is 31.2 Å². The van der Waals surface area contributed by atoms with E-state index in [0.29, 0.717) is 17.3 Å². The average Bonchev–Trinajstić information content (AvgIpc) is 2.79. The molecule has 1 unspecified atom stereocenters. The summed E-state index contributed by atoms with van der Waals surface area (Å²) in [7, 11) is 0. The molecule has 0 bridgehead atoms. The minimum atomic E-state index is -0.168. The van der Waals surface area contributed by atoms with Crippen molar-refractivity contribution in [1.29, 1.82) is 0 Å². The SMILES string of the molecule is CC1CN(C(=O)c2cc3cc(Cl)ccc3[nH]2)CC(=O)N1. The van der Waals surface area contributed by atoms with Crippen LogP contribution in [-0.2, 0) is 4.79 Å². The van der Waals surface area contributed by atoms with Gasteiger partial charge in [-0.15, -0.1) is 0 Å². The number of halogens is 1. The molecule has 1 saturated heterocycles. The van der Waals surface area contributed by atoms with Crippen molar-refractivity contribution in [2.24, 2.45) is 0 Å². The van der Waals surface area contributed by atoms with E-state index in [2.05, 4.69) is 10.3 Å². The van der Waals surface area contributed by atoms with Crippen molar-refractivity contribution in [3.05, 3.63) is 35.0 Å². The average molecular weight is 292 g/mol. The largest absolute Gasteiger partial charge is 0.351 e. The number of rotatable bonds is 1. The maximum Gasteiger partial charge on any atom is 0.270 e. The number of fused-ring (bicyclic) bond motifs is 1. The van der Waals surface area contributed by atoms with Gasteiger partial charge in [0.2, 0.25) is 5.91 Å². The number of nitrogens with zero attached hydrogens (tertiary/aromatic N) is 1. The third-order valence-electron chi connectivity index (χ3n) is 3.34. The molecule has 1 aliphatic heterocycles.